The van der Waals surface area contributed by atoms with E-state index in [1.165, 1.54) is 5.56 Å². The molecule has 9 heteroatoms. The third-order valence-corrected chi connectivity index (χ3v) is 8.41. The second-order valence-corrected chi connectivity index (χ2v) is 10.7. The Balaban J connectivity index is 1.22. The highest BCUT2D eigenvalue weighted by Gasteiger charge is 2.44. The molecule has 0 aromatic heterocycles. The van der Waals surface area contributed by atoms with E-state index in [9.17, 15) is 18.0 Å². The third-order valence-electron chi connectivity index (χ3n) is 6.88. The van der Waals surface area contributed by atoms with Crippen molar-refractivity contribution in [2.45, 2.75) is 48.7 Å². The number of nitrogens with zero attached hydrogens (tertiary/aromatic N) is 2. The van der Waals surface area contributed by atoms with E-state index in [4.69, 9.17) is 0 Å². The number of carbonyl (C=O) groups excluding carboxylic acids is 2. The average Bonchev–Trinajstić information content (AvgIpc) is 3.44. The number of para-hydroxylation sites is 1. The molecule has 8 nitrogen and oxygen atoms in total. The van der Waals surface area contributed by atoms with Gasteiger partial charge in [0.2, 0.25) is 21.8 Å². The van der Waals surface area contributed by atoms with Crippen molar-refractivity contribution < 1.29 is 18.0 Å². The summed E-state index contributed by atoms with van der Waals surface area (Å²) in [6, 6.07) is 15.5. The summed E-state index contributed by atoms with van der Waals surface area (Å²) in [6.45, 7) is 1.63. The van der Waals surface area contributed by atoms with E-state index in [1.54, 1.807) is 30.3 Å². The van der Waals surface area contributed by atoms with Gasteiger partial charge in [0.1, 0.15) is 0 Å². The first kappa shape index (κ1) is 22.1. The smallest absolute Gasteiger partial charge is 0.240 e. The highest BCUT2D eigenvalue weighted by molar-refractivity contribution is 7.89. The van der Waals surface area contributed by atoms with Crippen LogP contribution in [0.4, 0.5) is 5.69 Å². The monoisotopic (exact) mass is 468 g/mol. The van der Waals surface area contributed by atoms with E-state index in [-0.39, 0.29) is 34.8 Å². The van der Waals surface area contributed by atoms with Crippen molar-refractivity contribution >= 4 is 27.5 Å². The van der Waals surface area contributed by atoms with Crippen molar-refractivity contribution in [3.8, 4) is 0 Å². The summed E-state index contributed by atoms with van der Waals surface area (Å²) in [5, 5.41) is 2.94. The number of nitrogens with one attached hydrogen (secondary N) is 2. The van der Waals surface area contributed by atoms with Crippen LogP contribution < -0.4 is 14.9 Å². The van der Waals surface area contributed by atoms with Crippen molar-refractivity contribution in [2.75, 3.05) is 24.5 Å². The molecule has 3 aliphatic rings. The molecule has 0 bridgehead atoms. The Hall–Kier alpha value is -2.75. The lowest BCUT2D eigenvalue weighted by atomic mass is 10.0. The van der Waals surface area contributed by atoms with Gasteiger partial charge < -0.3 is 10.2 Å². The van der Waals surface area contributed by atoms with Crippen LogP contribution in [0, 0.1) is 0 Å². The van der Waals surface area contributed by atoms with E-state index in [0.717, 1.165) is 12.1 Å². The fraction of sp³-hybridized carbons (Fsp3) is 0.417. The Kier molecular flexibility index (Phi) is 5.94. The van der Waals surface area contributed by atoms with Gasteiger partial charge >= 0.3 is 0 Å². The molecule has 33 heavy (non-hydrogen) atoms. The molecular formula is C24H28N4O4S. The lowest BCUT2D eigenvalue weighted by Gasteiger charge is -2.37. The SMILES string of the molecule is O=C1NC[C@@H](CCC(=O)N2CCc3ccccc32)N2C[C@@H](NS(=O)(=O)c3ccccc3)C[C@@H]12. The van der Waals surface area contributed by atoms with Gasteiger partial charge in [-0.05, 0) is 43.0 Å². The lowest BCUT2D eigenvalue weighted by molar-refractivity contribution is -0.129. The van der Waals surface area contributed by atoms with Crippen molar-refractivity contribution in [3.05, 3.63) is 60.2 Å². The number of fused-ring (bicyclic) bond motifs is 2. The first-order chi connectivity index (χ1) is 15.9. The summed E-state index contributed by atoms with van der Waals surface area (Å²) < 4.78 is 28.2. The van der Waals surface area contributed by atoms with E-state index in [0.29, 0.717) is 38.9 Å². The minimum absolute atomic E-state index is 0.000672. The van der Waals surface area contributed by atoms with Gasteiger partial charge in [-0.1, -0.05) is 36.4 Å². The number of hydrogen-bond acceptors (Lipinski definition) is 5. The Labute approximate surface area is 194 Å². The highest BCUT2D eigenvalue weighted by Crippen LogP contribution is 2.30. The molecule has 174 valence electrons. The second kappa shape index (κ2) is 8.89. The van der Waals surface area contributed by atoms with Gasteiger partial charge in [0, 0.05) is 43.8 Å². The maximum Gasteiger partial charge on any atom is 0.240 e. The van der Waals surface area contributed by atoms with E-state index in [1.807, 2.05) is 23.1 Å². The van der Waals surface area contributed by atoms with E-state index < -0.39 is 10.0 Å². The molecule has 2 aromatic carbocycles. The molecule has 0 aliphatic carbocycles. The summed E-state index contributed by atoms with van der Waals surface area (Å²) in [7, 11) is -3.66. The van der Waals surface area contributed by atoms with Crippen LogP contribution in [0.2, 0.25) is 0 Å². The summed E-state index contributed by atoms with van der Waals surface area (Å²) in [5.41, 5.74) is 2.19. The summed E-state index contributed by atoms with van der Waals surface area (Å²) >= 11 is 0. The Morgan fingerprint density at radius 1 is 1.09 bits per heavy atom. The van der Waals surface area contributed by atoms with E-state index >= 15 is 0 Å². The van der Waals surface area contributed by atoms with Crippen LogP contribution in [0.1, 0.15) is 24.8 Å². The van der Waals surface area contributed by atoms with Gasteiger partial charge in [-0.15, -0.1) is 0 Å². The topological polar surface area (TPSA) is 98.8 Å². The Morgan fingerprint density at radius 2 is 1.85 bits per heavy atom. The number of sulfonamides is 1. The van der Waals surface area contributed by atoms with Crippen LogP contribution in [-0.4, -0.2) is 62.9 Å². The summed E-state index contributed by atoms with van der Waals surface area (Å²) in [4.78, 5) is 29.6. The zero-order valence-electron chi connectivity index (χ0n) is 18.3. The predicted octanol–water partition coefficient (Wildman–Crippen LogP) is 1.28. The number of benzene rings is 2. The number of rotatable bonds is 6. The molecule has 0 unspecified atom stereocenters. The van der Waals surface area contributed by atoms with Crippen LogP contribution in [-0.2, 0) is 26.0 Å². The van der Waals surface area contributed by atoms with Crippen LogP contribution in [0.25, 0.3) is 0 Å². The summed E-state index contributed by atoms with van der Waals surface area (Å²) in [6.07, 6.45) is 2.30. The zero-order valence-corrected chi connectivity index (χ0v) is 19.1. The maximum atomic E-state index is 12.9. The number of piperazine rings is 1. The fourth-order valence-corrected chi connectivity index (χ4v) is 6.50. The molecule has 5 rings (SSSR count). The van der Waals surface area contributed by atoms with Crippen LogP contribution in [0.3, 0.4) is 0 Å². The first-order valence-corrected chi connectivity index (χ1v) is 12.9. The van der Waals surface area contributed by atoms with Gasteiger partial charge in [-0.2, -0.15) is 0 Å². The number of anilines is 1. The van der Waals surface area contributed by atoms with Gasteiger partial charge in [0.15, 0.2) is 0 Å². The molecule has 0 radical (unpaired) electrons. The van der Waals surface area contributed by atoms with Crippen molar-refractivity contribution in [1.82, 2.24) is 14.9 Å². The van der Waals surface area contributed by atoms with Crippen LogP contribution >= 0.6 is 0 Å². The lowest BCUT2D eigenvalue weighted by Crippen LogP contribution is -2.58. The molecule has 2 saturated heterocycles. The molecule has 2 fully saturated rings. The molecule has 2 N–H and O–H groups in total. The largest absolute Gasteiger partial charge is 0.353 e. The normalized spacial score (nSPS) is 24.9. The molecule has 0 spiro atoms. The first-order valence-electron chi connectivity index (χ1n) is 11.4. The van der Waals surface area contributed by atoms with Gasteiger partial charge in [0.05, 0.1) is 10.9 Å². The van der Waals surface area contributed by atoms with E-state index in [2.05, 4.69) is 21.0 Å². The van der Waals surface area contributed by atoms with Crippen LogP contribution in [0.5, 0.6) is 0 Å². The van der Waals surface area contributed by atoms with Crippen molar-refractivity contribution in [2.24, 2.45) is 0 Å². The summed E-state index contributed by atoms with van der Waals surface area (Å²) in [5.74, 6) is 0.0152. The van der Waals surface area contributed by atoms with Gasteiger partial charge in [-0.25, -0.2) is 13.1 Å². The molecule has 2 amide bonds. The van der Waals surface area contributed by atoms with Gasteiger partial charge in [-0.3, -0.25) is 14.5 Å². The number of hydrogen-bond donors (Lipinski definition) is 2. The Morgan fingerprint density at radius 3 is 2.67 bits per heavy atom. The molecule has 3 aliphatic heterocycles. The number of amides is 2. The average molecular weight is 469 g/mol. The quantitative estimate of drug-likeness (QED) is 0.666. The fourth-order valence-electron chi connectivity index (χ4n) is 5.24. The molecule has 3 atom stereocenters. The molecule has 2 aromatic rings. The highest BCUT2D eigenvalue weighted by atomic mass is 32.2. The minimum atomic E-state index is -3.66. The second-order valence-electron chi connectivity index (χ2n) is 8.94. The number of carbonyl (C=O) groups is 2. The predicted molar refractivity (Wildman–Crippen MR) is 124 cm³/mol. The zero-order chi connectivity index (χ0) is 23.0. The van der Waals surface area contributed by atoms with Crippen LogP contribution in [0.15, 0.2) is 59.5 Å². The molecule has 3 heterocycles. The Bertz CT molecular complexity index is 1150. The van der Waals surface area contributed by atoms with Gasteiger partial charge in [0.25, 0.3) is 0 Å². The minimum Gasteiger partial charge on any atom is -0.353 e. The standard InChI is InChI=1S/C24H28N4O4S/c29-23(27-13-12-17-6-4-5-9-21(17)27)11-10-19-15-25-24(30)22-14-18(16-28(19)22)26-33(31,32)20-7-2-1-3-8-20/h1-9,18-19,22,26H,10-16H2,(H,25,30)/t18-,19+,22-/m0/s1. The third kappa shape index (κ3) is 4.40. The van der Waals surface area contributed by atoms with Crippen molar-refractivity contribution in [3.63, 3.8) is 0 Å². The van der Waals surface area contributed by atoms with Crippen molar-refractivity contribution in [1.29, 1.82) is 0 Å². The molecular weight excluding hydrogens is 440 g/mol. The maximum absolute atomic E-state index is 12.9. The molecule has 0 saturated carbocycles.